The fourth-order valence-corrected chi connectivity index (χ4v) is 10.7. The summed E-state index contributed by atoms with van der Waals surface area (Å²) in [6.45, 7) is 0. The Hall–Kier alpha value is -10.1. The van der Waals surface area contributed by atoms with E-state index in [0.717, 1.165) is 91.1 Å². The van der Waals surface area contributed by atoms with Gasteiger partial charge in [-0.2, -0.15) is 0 Å². The zero-order valence-electron chi connectivity index (χ0n) is 42.2. The Kier molecular flexibility index (Phi) is 14.0. The third kappa shape index (κ3) is 10.5. The zero-order chi connectivity index (χ0) is 51.6. The van der Waals surface area contributed by atoms with E-state index in [-0.39, 0.29) is 0 Å². The summed E-state index contributed by atoms with van der Waals surface area (Å²) in [5.41, 5.74) is 15.0. The van der Waals surface area contributed by atoms with Crippen molar-refractivity contribution in [1.82, 2.24) is 0 Å². The highest BCUT2D eigenvalue weighted by Gasteiger charge is 2.28. The van der Waals surface area contributed by atoms with Crippen molar-refractivity contribution in [2.75, 3.05) is 24.5 Å². The normalized spacial score (nSPS) is 10.9. The molecule has 6 nitrogen and oxygen atoms in total. The SMILES string of the molecule is c1ccc(Oc2cc(N(c3ccccc3)c3ccccc3)cc(N(c3ccccc3)c3cscc3N(c3ccccc3)c3cc(N(c4ccccc4)c4ccccc4)cc(N(c4ccccc4)c4ccccc4)c3)c2)cc1. The molecule has 370 valence electrons. The minimum atomic E-state index is 0.694. The summed E-state index contributed by atoms with van der Waals surface area (Å²) < 4.78 is 6.85. The molecule has 0 N–H and O–H groups in total. The second-order valence-corrected chi connectivity index (χ2v) is 19.1. The van der Waals surface area contributed by atoms with E-state index in [1.165, 1.54) is 0 Å². The van der Waals surface area contributed by atoms with E-state index >= 15 is 0 Å². The fourth-order valence-electron chi connectivity index (χ4n) is 9.91. The van der Waals surface area contributed by atoms with E-state index in [2.05, 4.69) is 314 Å². The molecule has 0 radical (unpaired) electrons. The van der Waals surface area contributed by atoms with Gasteiger partial charge in [-0.3, -0.25) is 0 Å². The molecule has 12 rings (SSSR count). The summed E-state index contributed by atoms with van der Waals surface area (Å²) in [7, 11) is 0. The number of hydrogen-bond acceptors (Lipinski definition) is 7. The van der Waals surface area contributed by atoms with Crippen LogP contribution in [0.1, 0.15) is 0 Å². The maximum atomic E-state index is 6.85. The van der Waals surface area contributed by atoms with Crippen LogP contribution in [0.2, 0.25) is 0 Å². The smallest absolute Gasteiger partial charge is 0.131 e. The van der Waals surface area contributed by atoms with Gasteiger partial charge in [0.1, 0.15) is 11.5 Å². The summed E-state index contributed by atoms with van der Waals surface area (Å²) in [5.74, 6) is 1.44. The lowest BCUT2D eigenvalue weighted by Gasteiger charge is -2.34. The highest BCUT2D eigenvalue weighted by Crippen LogP contribution is 2.52. The van der Waals surface area contributed by atoms with Gasteiger partial charge in [0.25, 0.3) is 0 Å². The Bertz CT molecular complexity index is 3560. The van der Waals surface area contributed by atoms with Crippen molar-refractivity contribution in [2.24, 2.45) is 0 Å². The predicted molar refractivity (Wildman–Crippen MR) is 324 cm³/mol. The number of rotatable bonds is 17. The first-order valence-corrected chi connectivity index (χ1v) is 26.7. The van der Waals surface area contributed by atoms with Crippen molar-refractivity contribution in [1.29, 1.82) is 0 Å². The number of nitrogens with zero attached hydrogens (tertiary/aromatic N) is 5. The summed E-state index contributed by atoms with van der Waals surface area (Å²) in [6, 6.07) is 108. The van der Waals surface area contributed by atoms with Crippen molar-refractivity contribution >= 4 is 96.6 Å². The fraction of sp³-hybridized carbons (Fsp3) is 0. The summed E-state index contributed by atoms with van der Waals surface area (Å²) in [6.07, 6.45) is 0. The molecule has 0 saturated heterocycles. The monoisotopic (exact) mass is 1010 g/mol. The summed E-state index contributed by atoms with van der Waals surface area (Å²) >= 11 is 1.68. The van der Waals surface area contributed by atoms with Gasteiger partial charge in [-0.15, -0.1) is 11.3 Å². The maximum absolute atomic E-state index is 6.85. The van der Waals surface area contributed by atoms with Gasteiger partial charge in [0.05, 0.1) is 39.8 Å². The Morgan fingerprint density at radius 1 is 0.195 bits per heavy atom. The molecule has 7 heteroatoms. The molecule has 77 heavy (non-hydrogen) atoms. The lowest BCUT2D eigenvalue weighted by molar-refractivity contribution is 0.483. The molecule has 0 aliphatic rings. The van der Waals surface area contributed by atoms with Crippen LogP contribution >= 0.6 is 11.3 Å². The number of para-hydroxylation sites is 9. The molecule has 0 bridgehead atoms. The number of anilines is 15. The number of ether oxygens (including phenoxy) is 1. The second kappa shape index (κ2) is 22.6. The molecule has 0 unspecified atom stereocenters. The van der Waals surface area contributed by atoms with E-state index < -0.39 is 0 Å². The number of thiophene rings is 1. The molecule has 1 heterocycles. The maximum Gasteiger partial charge on any atom is 0.131 e. The molecular weight excluding hydrogens is 959 g/mol. The average molecular weight is 1010 g/mol. The predicted octanol–water partition coefficient (Wildman–Crippen LogP) is 20.9. The van der Waals surface area contributed by atoms with Crippen LogP contribution in [0.15, 0.2) is 320 Å². The molecule has 12 aromatic rings. The molecular formula is C70H53N5OS. The van der Waals surface area contributed by atoms with Crippen molar-refractivity contribution in [3.8, 4) is 11.5 Å². The Morgan fingerprint density at radius 2 is 0.403 bits per heavy atom. The zero-order valence-corrected chi connectivity index (χ0v) is 43.0. The van der Waals surface area contributed by atoms with Gasteiger partial charge in [-0.05, 0) is 133 Å². The van der Waals surface area contributed by atoms with E-state index in [0.29, 0.717) is 5.75 Å². The second-order valence-electron chi connectivity index (χ2n) is 18.3. The lowest BCUT2D eigenvalue weighted by Crippen LogP contribution is -2.18. The minimum Gasteiger partial charge on any atom is -0.457 e. The van der Waals surface area contributed by atoms with Gasteiger partial charge in [0, 0.05) is 68.4 Å². The third-order valence-electron chi connectivity index (χ3n) is 13.3. The van der Waals surface area contributed by atoms with Crippen molar-refractivity contribution in [3.63, 3.8) is 0 Å². The third-order valence-corrected chi connectivity index (χ3v) is 14.0. The highest BCUT2D eigenvalue weighted by atomic mass is 32.1. The Morgan fingerprint density at radius 3 is 0.675 bits per heavy atom. The quantitative estimate of drug-likeness (QED) is 0.0902. The molecule has 0 aliphatic carbocycles. The van der Waals surface area contributed by atoms with Gasteiger partial charge in [0.2, 0.25) is 0 Å². The van der Waals surface area contributed by atoms with Gasteiger partial charge >= 0.3 is 0 Å². The van der Waals surface area contributed by atoms with Crippen LogP contribution in [0.4, 0.5) is 85.3 Å². The van der Waals surface area contributed by atoms with Gasteiger partial charge in [-0.25, -0.2) is 0 Å². The average Bonchev–Trinajstić information content (AvgIpc) is 4.03. The first-order chi connectivity index (χ1) is 38.2. The standard InChI is InChI=1S/C70H53N5OS/c1-10-28-54(29-11-1)71(55-30-12-2-13-31-55)62-46-63(72(56-32-14-3-15-33-56)57-34-16-4-17-35-57)48-64(47-62)74(60-40-22-7-23-41-60)69-52-77-53-70(69)75(61-42-24-8-25-43-61)66-49-65(50-68(51-66)76-67-44-26-9-27-45-67)73(58-36-18-5-19-37-58)59-38-20-6-21-39-59/h1-53H. The van der Waals surface area contributed by atoms with Crippen molar-refractivity contribution in [3.05, 3.63) is 320 Å². The van der Waals surface area contributed by atoms with Crippen LogP contribution < -0.4 is 29.2 Å². The van der Waals surface area contributed by atoms with E-state index in [1.54, 1.807) is 11.3 Å². The Balaban J connectivity index is 1.11. The number of benzene rings is 11. The van der Waals surface area contributed by atoms with Crippen LogP contribution in [0.25, 0.3) is 0 Å². The topological polar surface area (TPSA) is 25.4 Å². The first-order valence-electron chi connectivity index (χ1n) is 25.7. The lowest BCUT2D eigenvalue weighted by atomic mass is 10.1. The molecule has 0 amide bonds. The van der Waals surface area contributed by atoms with Gasteiger partial charge in [-0.1, -0.05) is 164 Å². The molecule has 0 aliphatic heterocycles. The molecule has 0 spiro atoms. The van der Waals surface area contributed by atoms with E-state index in [1.807, 2.05) is 30.3 Å². The molecule has 0 fully saturated rings. The van der Waals surface area contributed by atoms with E-state index in [9.17, 15) is 0 Å². The largest absolute Gasteiger partial charge is 0.457 e. The first kappa shape index (κ1) is 47.9. The molecule has 0 atom stereocenters. The van der Waals surface area contributed by atoms with Crippen LogP contribution in [-0.4, -0.2) is 0 Å². The van der Waals surface area contributed by atoms with Gasteiger partial charge < -0.3 is 29.2 Å². The molecule has 1 aromatic heterocycles. The van der Waals surface area contributed by atoms with Crippen LogP contribution in [0, 0.1) is 0 Å². The summed E-state index contributed by atoms with van der Waals surface area (Å²) in [5, 5.41) is 4.54. The Labute approximate surface area is 455 Å². The molecule has 11 aromatic carbocycles. The van der Waals surface area contributed by atoms with Crippen molar-refractivity contribution < 1.29 is 4.74 Å². The van der Waals surface area contributed by atoms with E-state index in [4.69, 9.17) is 4.74 Å². The van der Waals surface area contributed by atoms with Crippen LogP contribution in [0.3, 0.4) is 0 Å². The van der Waals surface area contributed by atoms with Crippen LogP contribution in [0.5, 0.6) is 11.5 Å². The van der Waals surface area contributed by atoms with Crippen molar-refractivity contribution in [2.45, 2.75) is 0 Å². The number of hydrogen-bond donors (Lipinski definition) is 0. The van der Waals surface area contributed by atoms with Crippen LogP contribution in [-0.2, 0) is 0 Å². The summed E-state index contributed by atoms with van der Waals surface area (Å²) in [4.78, 5) is 11.8. The molecule has 0 saturated carbocycles. The highest BCUT2D eigenvalue weighted by molar-refractivity contribution is 7.09. The van der Waals surface area contributed by atoms with Gasteiger partial charge in [0.15, 0.2) is 0 Å². The minimum absolute atomic E-state index is 0.694.